The Hall–Kier alpha value is -3.38. The molecule has 1 atom stereocenters. The lowest BCUT2D eigenvalue weighted by molar-refractivity contribution is -0.110. The van der Waals surface area contributed by atoms with Crippen molar-refractivity contribution in [1.82, 2.24) is 5.32 Å². The van der Waals surface area contributed by atoms with E-state index >= 15 is 4.39 Å². The molecular weight excluding hydrogens is 373 g/mol. The lowest BCUT2D eigenvalue weighted by Crippen LogP contribution is -2.20. The van der Waals surface area contributed by atoms with Crippen LogP contribution < -0.4 is 14.8 Å². The van der Waals surface area contributed by atoms with Gasteiger partial charge in [-0.05, 0) is 23.3 Å². The van der Waals surface area contributed by atoms with Crippen LogP contribution in [-0.2, 0) is 18.0 Å². The van der Waals surface area contributed by atoms with Gasteiger partial charge in [-0.1, -0.05) is 60.7 Å². The Morgan fingerprint density at radius 3 is 2.07 bits per heavy atom. The van der Waals surface area contributed by atoms with Crippen LogP contribution in [0, 0.1) is 5.82 Å². The number of aliphatic hydroxyl groups excluding tert-OH is 1. The van der Waals surface area contributed by atoms with Gasteiger partial charge in [0.05, 0.1) is 6.10 Å². The topological polar surface area (TPSA) is 67.8 Å². The molecule has 0 aromatic heterocycles. The summed E-state index contributed by atoms with van der Waals surface area (Å²) >= 11 is 0. The van der Waals surface area contributed by atoms with Crippen LogP contribution in [0.25, 0.3) is 0 Å². The van der Waals surface area contributed by atoms with Crippen molar-refractivity contribution in [3.8, 4) is 11.5 Å². The van der Waals surface area contributed by atoms with E-state index in [4.69, 9.17) is 9.47 Å². The van der Waals surface area contributed by atoms with Crippen molar-refractivity contribution >= 4 is 6.41 Å². The van der Waals surface area contributed by atoms with Gasteiger partial charge in [0.1, 0.15) is 13.2 Å². The molecule has 0 saturated heterocycles. The Balaban J connectivity index is 1.84. The first kappa shape index (κ1) is 20.4. The van der Waals surface area contributed by atoms with Gasteiger partial charge in [-0.25, -0.2) is 4.39 Å². The van der Waals surface area contributed by atoms with Gasteiger partial charge in [0, 0.05) is 12.1 Å². The number of halogens is 1. The fraction of sp³-hybridized carbons (Fsp3) is 0.174. The third-order valence-corrected chi connectivity index (χ3v) is 4.31. The Morgan fingerprint density at radius 2 is 1.48 bits per heavy atom. The second-order valence-corrected chi connectivity index (χ2v) is 6.39. The molecule has 3 rings (SSSR count). The third-order valence-electron chi connectivity index (χ3n) is 4.31. The van der Waals surface area contributed by atoms with E-state index in [0.717, 1.165) is 11.1 Å². The second kappa shape index (κ2) is 10.2. The molecule has 0 bridgehead atoms. The molecule has 3 aromatic carbocycles. The van der Waals surface area contributed by atoms with Crippen LogP contribution >= 0.6 is 0 Å². The first-order chi connectivity index (χ1) is 14.2. The quantitative estimate of drug-likeness (QED) is 0.513. The first-order valence-corrected chi connectivity index (χ1v) is 9.20. The average Bonchev–Trinajstić information content (AvgIpc) is 2.76. The molecule has 0 radical (unpaired) electrons. The molecule has 3 aromatic rings. The Labute approximate surface area is 168 Å². The summed E-state index contributed by atoms with van der Waals surface area (Å²) in [5, 5.41) is 12.5. The number of benzene rings is 3. The van der Waals surface area contributed by atoms with Crippen molar-refractivity contribution in [3.05, 3.63) is 95.3 Å². The zero-order valence-electron chi connectivity index (χ0n) is 15.8. The van der Waals surface area contributed by atoms with Crippen molar-refractivity contribution < 1.29 is 23.8 Å². The lowest BCUT2D eigenvalue weighted by atomic mass is 10.1. The molecule has 0 fully saturated rings. The maximum Gasteiger partial charge on any atom is 0.207 e. The number of nitrogens with one attached hydrogen (secondary N) is 1. The molecule has 0 saturated carbocycles. The summed E-state index contributed by atoms with van der Waals surface area (Å²) in [5.41, 5.74) is 1.82. The molecule has 0 aliphatic heterocycles. The van der Waals surface area contributed by atoms with E-state index in [9.17, 15) is 9.90 Å². The molecule has 2 N–H and O–H groups in total. The zero-order chi connectivity index (χ0) is 20.5. The van der Waals surface area contributed by atoms with E-state index < -0.39 is 11.9 Å². The summed E-state index contributed by atoms with van der Waals surface area (Å²) in [6, 6.07) is 21.9. The highest BCUT2D eigenvalue weighted by atomic mass is 19.1. The Bertz CT molecular complexity index is 919. The van der Waals surface area contributed by atoms with Crippen LogP contribution in [0.15, 0.2) is 72.8 Å². The minimum absolute atomic E-state index is 0.0227. The summed E-state index contributed by atoms with van der Waals surface area (Å²) in [5.74, 6) is -0.555. The van der Waals surface area contributed by atoms with Gasteiger partial charge in [-0.3, -0.25) is 4.79 Å². The molecule has 29 heavy (non-hydrogen) atoms. The molecule has 1 unspecified atom stereocenters. The fourth-order valence-corrected chi connectivity index (χ4v) is 2.79. The molecule has 0 spiro atoms. The van der Waals surface area contributed by atoms with E-state index in [1.807, 2.05) is 60.7 Å². The van der Waals surface area contributed by atoms with Gasteiger partial charge in [-0.15, -0.1) is 0 Å². The number of carbonyl (C=O) groups is 1. The number of carbonyl (C=O) groups excluding carboxylic acids is 1. The van der Waals surface area contributed by atoms with Gasteiger partial charge >= 0.3 is 0 Å². The largest absolute Gasteiger partial charge is 0.485 e. The highest BCUT2D eigenvalue weighted by molar-refractivity contribution is 5.48. The number of aliphatic hydroxyl groups is 1. The van der Waals surface area contributed by atoms with Crippen LogP contribution in [0.3, 0.4) is 0 Å². The third kappa shape index (κ3) is 5.56. The van der Waals surface area contributed by atoms with E-state index in [0.29, 0.717) is 6.41 Å². The molecule has 0 aliphatic rings. The summed E-state index contributed by atoms with van der Waals surface area (Å²) in [4.78, 5) is 10.5. The monoisotopic (exact) mass is 395 g/mol. The summed E-state index contributed by atoms with van der Waals surface area (Å²) in [6.07, 6.45) is -0.756. The zero-order valence-corrected chi connectivity index (χ0v) is 15.8. The van der Waals surface area contributed by atoms with Gasteiger partial charge in [0.25, 0.3) is 0 Å². The van der Waals surface area contributed by atoms with E-state index in [2.05, 4.69) is 5.32 Å². The summed E-state index contributed by atoms with van der Waals surface area (Å²) in [7, 11) is 0. The molecular formula is C23H22FNO4. The number of ether oxygens (including phenoxy) is 2. The number of hydrogen-bond donors (Lipinski definition) is 2. The molecule has 6 heteroatoms. The van der Waals surface area contributed by atoms with Crippen LogP contribution in [0.4, 0.5) is 4.39 Å². The summed E-state index contributed by atoms with van der Waals surface area (Å²) < 4.78 is 26.7. The minimum atomic E-state index is -1.21. The Kier molecular flexibility index (Phi) is 7.19. The maximum atomic E-state index is 15.2. The highest BCUT2D eigenvalue weighted by Crippen LogP contribution is 2.36. The highest BCUT2D eigenvalue weighted by Gasteiger charge is 2.21. The SMILES string of the molecule is O=CNCC(O)c1ccc(OCc2ccccc2)c(OCc2ccccc2)c1F. The molecule has 5 nitrogen and oxygen atoms in total. The fourth-order valence-electron chi connectivity index (χ4n) is 2.79. The smallest absolute Gasteiger partial charge is 0.207 e. The normalized spacial score (nSPS) is 11.5. The van der Waals surface area contributed by atoms with E-state index in [1.54, 1.807) is 6.07 Å². The van der Waals surface area contributed by atoms with Crippen molar-refractivity contribution in [2.75, 3.05) is 6.54 Å². The van der Waals surface area contributed by atoms with Crippen molar-refractivity contribution in [3.63, 3.8) is 0 Å². The molecule has 1 amide bonds. The number of rotatable bonds is 10. The van der Waals surface area contributed by atoms with E-state index in [-0.39, 0.29) is 36.8 Å². The van der Waals surface area contributed by atoms with Gasteiger partial charge in [0.2, 0.25) is 6.41 Å². The van der Waals surface area contributed by atoms with Gasteiger partial charge in [0.15, 0.2) is 17.3 Å². The number of amides is 1. The number of hydrogen-bond acceptors (Lipinski definition) is 4. The first-order valence-electron chi connectivity index (χ1n) is 9.20. The van der Waals surface area contributed by atoms with Crippen LogP contribution in [-0.4, -0.2) is 18.1 Å². The molecule has 0 heterocycles. The molecule has 150 valence electrons. The van der Waals surface area contributed by atoms with Crippen LogP contribution in [0.2, 0.25) is 0 Å². The molecule has 0 aliphatic carbocycles. The predicted molar refractivity (Wildman–Crippen MR) is 107 cm³/mol. The van der Waals surface area contributed by atoms with Crippen molar-refractivity contribution in [2.45, 2.75) is 19.3 Å². The lowest BCUT2D eigenvalue weighted by Gasteiger charge is -2.18. The predicted octanol–water partition coefficient (Wildman–Crippen LogP) is 3.76. The van der Waals surface area contributed by atoms with Gasteiger partial charge in [-0.2, -0.15) is 0 Å². The van der Waals surface area contributed by atoms with Gasteiger partial charge < -0.3 is 19.9 Å². The van der Waals surface area contributed by atoms with E-state index in [1.165, 1.54) is 6.07 Å². The van der Waals surface area contributed by atoms with Crippen molar-refractivity contribution in [2.24, 2.45) is 0 Å². The maximum absolute atomic E-state index is 15.2. The van der Waals surface area contributed by atoms with Crippen LogP contribution in [0.1, 0.15) is 22.8 Å². The standard InChI is InChI=1S/C23H22FNO4/c24-22-19(20(27)13-25-16-26)11-12-21(28-14-17-7-3-1-4-8-17)23(22)29-15-18-9-5-2-6-10-18/h1-12,16,20,27H,13-15H2,(H,25,26). The van der Waals surface area contributed by atoms with Crippen LogP contribution in [0.5, 0.6) is 11.5 Å². The second-order valence-electron chi connectivity index (χ2n) is 6.39. The summed E-state index contributed by atoms with van der Waals surface area (Å²) in [6.45, 7) is 0.283. The van der Waals surface area contributed by atoms with Crippen molar-refractivity contribution in [1.29, 1.82) is 0 Å². The minimum Gasteiger partial charge on any atom is -0.485 e. The Morgan fingerprint density at radius 1 is 0.897 bits per heavy atom. The average molecular weight is 395 g/mol.